The number of nitrogens with one attached hydrogen (secondary N) is 3. The minimum absolute atomic E-state index is 0.175. The van der Waals surface area contributed by atoms with Gasteiger partial charge in [0.2, 0.25) is 0 Å². The van der Waals surface area contributed by atoms with Crippen molar-refractivity contribution >= 4 is 17.6 Å². The van der Waals surface area contributed by atoms with Crippen LogP contribution in [0.25, 0.3) is 0 Å². The predicted octanol–water partition coefficient (Wildman–Crippen LogP) is 0.907. The van der Waals surface area contributed by atoms with Crippen LogP contribution < -0.4 is 21.7 Å². The fraction of sp³-hybridized carbons (Fsp3) is 0.385. The molecule has 0 heterocycles. The second kappa shape index (κ2) is 8.10. The lowest BCUT2D eigenvalue weighted by atomic mass is 10.2. The lowest BCUT2D eigenvalue weighted by Crippen LogP contribution is -2.32. The van der Waals surface area contributed by atoms with E-state index in [0.29, 0.717) is 17.8 Å². The van der Waals surface area contributed by atoms with Crippen LogP contribution in [0.15, 0.2) is 24.3 Å². The Labute approximate surface area is 112 Å². The highest BCUT2D eigenvalue weighted by Gasteiger charge is 2.05. The summed E-state index contributed by atoms with van der Waals surface area (Å²) in [5, 5.41) is 8.41. The van der Waals surface area contributed by atoms with Gasteiger partial charge in [-0.15, -0.1) is 0 Å². The largest absolute Gasteiger partial charge is 0.351 e. The number of amides is 3. The average Bonchev–Trinajstić information content (AvgIpc) is 2.38. The monoisotopic (exact) mass is 264 g/mol. The standard InChI is InChI=1S/C13H20N4O2/c1-2-6-15-7-8-16-12(18)10-4-3-5-11(9-10)17-13(14)19/h3-5,9,15H,2,6-8H2,1H3,(H,16,18)(H3,14,17,19). The first-order valence-corrected chi connectivity index (χ1v) is 6.29. The van der Waals surface area contributed by atoms with E-state index >= 15 is 0 Å². The SMILES string of the molecule is CCCNCCNC(=O)c1cccc(NC(N)=O)c1. The normalized spacial score (nSPS) is 9.95. The molecule has 0 fully saturated rings. The van der Waals surface area contributed by atoms with E-state index in [-0.39, 0.29) is 5.91 Å². The Morgan fingerprint density at radius 2 is 2.00 bits per heavy atom. The van der Waals surface area contributed by atoms with Crippen molar-refractivity contribution in [3.63, 3.8) is 0 Å². The molecule has 6 heteroatoms. The molecule has 0 saturated heterocycles. The van der Waals surface area contributed by atoms with E-state index in [0.717, 1.165) is 19.5 Å². The van der Waals surface area contributed by atoms with Crippen molar-refractivity contribution < 1.29 is 9.59 Å². The Morgan fingerprint density at radius 3 is 2.68 bits per heavy atom. The molecular weight excluding hydrogens is 244 g/mol. The van der Waals surface area contributed by atoms with Crippen LogP contribution in [0.5, 0.6) is 0 Å². The van der Waals surface area contributed by atoms with Gasteiger partial charge in [0.15, 0.2) is 0 Å². The predicted molar refractivity (Wildman–Crippen MR) is 75.1 cm³/mol. The number of benzene rings is 1. The Morgan fingerprint density at radius 1 is 1.21 bits per heavy atom. The molecule has 3 amide bonds. The van der Waals surface area contributed by atoms with Crippen LogP contribution in [0.1, 0.15) is 23.7 Å². The quantitative estimate of drug-likeness (QED) is 0.551. The highest BCUT2D eigenvalue weighted by atomic mass is 16.2. The molecule has 5 N–H and O–H groups in total. The molecule has 0 aliphatic rings. The summed E-state index contributed by atoms with van der Waals surface area (Å²) in [5.74, 6) is -0.175. The minimum atomic E-state index is -0.652. The third kappa shape index (κ3) is 5.87. The van der Waals surface area contributed by atoms with Crippen molar-refractivity contribution in [1.29, 1.82) is 0 Å². The summed E-state index contributed by atoms with van der Waals surface area (Å²) in [6.45, 7) is 4.32. The lowest BCUT2D eigenvalue weighted by molar-refractivity contribution is 0.0954. The van der Waals surface area contributed by atoms with Gasteiger partial charge in [0.1, 0.15) is 0 Å². The number of hydrogen-bond acceptors (Lipinski definition) is 3. The van der Waals surface area contributed by atoms with Gasteiger partial charge in [-0.25, -0.2) is 4.79 Å². The zero-order valence-electron chi connectivity index (χ0n) is 11.0. The van der Waals surface area contributed by atoms with Crippen LogP contribution in [0.2, 0.25) is 0 Å². The second-order valence-electron chi connectivity index (χ2n) is 4.08. The maximum absolute atomic E-state index is 11.8. The van der Waals surface area contributed by atoms with Gasteiger partial charge in [0, 0.05) is 24.3 Å². The van der Waals surface area contributed by atoms with E-state index in [1.807, 2.05) is 0 Å². The summed E-state index contributed by atoms with van der Waals surface area (Å²) >= 11 is 0. The zero-order chi connectivity index (χ0) is 14.1. The van der Waals surface area contributed by atoms with Gasteiger partial charge in [-0.05, 0) is 31.2 Å². The number of nitrogens with two attached hydrogens (primary N) is 1. The van der Waals surface area contributed by atoms with Crippen molar-refractivity contribution in [1.82, 2.24) is 10.6 Å². The molecule has 0 aliphatic heterocycles. The summed E-state index contributed by atoms with van der Waals surface area (Å²) in [5.41, 5.74) is 6.01. The first kappa shape index (κ1) is 15.0. The van der Waals surface area contributed by atoms with Gasteiger partial charge in [-0.1, -0.05) is 13.0 Å². The lowest BCUT2D eigenvalue weighted by Gasteiger charge is -2.07. The van der Waals surface area contributed by atoms with E-state index in [9.17, 15) is 9.59 Å². The summed E-state index contributed by atoms with van der Waals surface area (Å²) in [6, 6.07) is 5.97. The number of hydrogen-bond donors (Lipinski definition) is 4. The summed E-state index contributed by atoms with van der Waals surface area (Å²) in [6.07, 6.45) is 1.06. The van der Waals surface area contributed by atoms with Crippen molar-refractivity contribution in [2.75, 3.05) is 25.0 Å². The first-order valence-electron chi connectivity index (χ1n) is 6.29. The molecule has 0 aromatic heterocycles. The third-order valence-corrected chi connectivity index (χ3v) is 2.41. The topological polar surface area (TPSA) is 96.2 Å². The fourth-order valence-corrected chi connectivity index (χ4v) is 1.55. The van der Waals surface area contributed by atoms with E-state index in [4.69, 9.17) is 5.73 Å². The van der Waals surface area contributed by atoms with Gasteiger partial charge in [-0.3, -0.25) is 4.79 Å². The first-order chi connectivity index (χ1) is 9.13. The Balaban J connectivity index is 2.45. The molecule has 0 radical (unpaired) electrons. The van der Waals surface area contributed by atoms with Gasteiger partial charge < -0.3 is 21.7 Å². The van der Waals surface area contributed by atoms with Crippen LogP contribution in [-0.4, -0.2) is 31.6 Å². The van der Waals surface area contributed by atoms with E-state index in [1.54, 1.807) is 24.3 Å². The fourth-order valence-electron chi connectivity index (χ4n) is 1.55. The summed E-state index contributed by atoms with van der Waals surface area (Å²) in [4.78, 5) is 22.6. The Bertz CT molecular complexity index is 434. The van der Waals surface area contributed by atoms with Crippen LogP contribution in [0, 0.1) is 0 Å². The molecule has 6 nitrogen and oxygen atoms in total. The van der Waals surface area contributed by atoms with E-state index in [2.05, 4.69) is 22.9 Å². The number of carbonyl (C=O) groups is 2. The van der Waals surface area contributed by atoms with Crippen LogP contribution in [0.3, 0.4) is 0 Å². The van der Waals surface area contributed by atoms with Crippen LogP contribution in [-0.2, 0) is 0 Å². The molecule has 0 bridgehead atoms. The average molecular weight is 264 g/mol. The Hall–Kier alpha value is -2.08. The maximum Gasteiger partial charge on any atom is 0.316 e. The van der Waals surface area contributed by atoms with Crippen molar-refractivity contribution in [2.24, 2.45) is 5.73 Å². The summed E-state index contributed by atoms with van der Waals surface area (Å²) in [7, 11) is 0. The summed E-state index contributed by atoms with van der Waals surface area (Å²) < 4.78 is 0. The number of urea groups is 1. The molecular formula is C13H20N4O2. The minimum Gasteiger partial charge on any atom is -0.351 e. The number of anilines is 1. The molecule has 0 aliphatic carbocycles. The van der Waals surface area contributed by atoms with Crippen LogP contribution >= 0.6 is 0 Å². The molecule has 1 aromatic carbocycles. The molecule has 104 valence electrons. The molecule has 0 unspecified atom stereocenters. The number of carbonyl (C=O) groups excluding carboxylic acids is 2. The van der Waals surface area contributed by atoms with Crippen molar-refractivity contribution in [3.8, 4) is 0 Å². The third-order valence-electron chi connectivity index (χ3n) is 2.41. The molecule has 1 rings (SSSR count). The molecule has 0 spiro atoms. The van der Waals surface area contributed by atoms with Gasteiger partial charge in [0.05, 0.1) is 0 Å². The Kier molecular flexibility index (Phi) is 6.38. The van der Waals surface area contributed by atoms with E-state index < -0.39 is 6.03 Å². The van der Waals surface area contributed by atoms with Gasteiger partial charge in [-0.2, -0.15) is 0 Å². The molecule has 19 heavy (non-hydrogen) atoms. The van der Waals surface area contributed by atoms with Crippen molar-refractivity contribution in [2.45, 2.75) is 13.3 Å². The maximum atomic E-state index is 11.8. The number of primary amides is 1. The van der Waals surface area contributed by atoms with E-state index in [1.165, 1.54) is 0 Å². The highest BCUT2D eigenvalue weighted by Crippen LogP contribution is 2.10. The van der Waals surface area contributed by atoms with Gasteiger partial charge in [0.25, 0.3) is 5.91 Å². The number of rotatable bonds is 7. The molecule has 0 atom stereocenters. The second-order valence-corrected chi connectivity index (χ2v) is 4.08. The van der Waals surface area contributed by atoms with Gasteiger partial charge >= 0.3 is 6.03 Å². The molecule has 1 aromatic rings. The zero-order valence-corrected chi connectivity index (χ0v) is 11.0. The smallest absolute Gasteiger partial charge is 0.316 e. The highest BCUT2D eigenvalue weighted by molar-refractivity contribution is 5.96. The van der Waals surface area contributed by atoms with Crippen LogP contribution in [0.4, 0.5) is 10.5 Å². The molecule has 0 saturated carbocycles. The van der Waals surface area contributed by atoms with Crippen molar-refractivity contribution in [3.05, 3.63) is 29.8 Å².